The highest BCUT2D eigenvalue weighted by Gasteiger charge is 2.19. The number of hydrogen-bond acceptors (Lipinski definition) is 6. The van der Waals surface area contributed by atoms with Crippen molar-refractivity contribution in [3.63, 3.8) is 0 Å². The minimum atomic E-state index is -0.176. The van der Waals surface area contributed by atoms with Crippen molar-refractivity contribution < 1.29 is 5.11 Å². The number of hydrazine groups is 1. The highest BCUT2D eigenvalue weighted by Crippen LogP contribution is 2.20. The molecule has 1 aromatic heterocycles. The van der Waals surface area contributed by atoms with Crippen LogP contribution in [0.25, 0.3) is 0 Å². The Labute approximate surface area is 107 Å². The highest BCUT2D eigenvalue weighted by molar-refractivity contribution is 5.49. The van der Waals surface area contributed by atoms with E-state index in [1.807, 2.05) is 6.07 Å². The summed E-state index contributed by atoms with van der Waals surface area (Å²) in [6.45, 7) is 3.75. The van der Waals surface area contributed by atoms with Crippen molar-refractivity contribution in [3.05, 3.63) is 11.9 Å². The zero-order chi connectivity index (χ0) is 13.0. The summed E-state index contributed by atoms with van der Waals surface area (Å²) in [4.78, 5) is 11.1. The number of piperidine rings is 1. The van der Waals surface area contributed by atoms with Crippen LogP contribution in [0.2, 0.25) is 0 Å². The molecule has 6 heteroatoms. The van der Waals surface area contributed by atoms with Crippen LogP contribution in [0.5, 0.6) is 0 Å². The van der Waals surface area contributed by atoms with E-state index in [0.29, 0.717) is 5.82 Å². The number of nitrogens with two attached hydrogens (primary N) is 1. The summed E-state index contributed by atoms with van der Waals surface area (Å²) < 4.78 is 0. The summed E-state index contributed by atoms with van der Waals surface area (Å²) in [5, 5.41) is 9.52. The van der Waals surface area contributed by atoms with Crippen LogP contribution in [0, 0.1) is 0 Å². The van der Waals surface area contributed by atoms with Crippen molar-refractivity contribution in [2.45, 2.75) is 38.7 Å². The number of anilines is 2. The van der Waals surface area contributed by atoms with Gasteiger partial charge in [-0.05, 0) is 19.3 Å². The fraction of sp³-hybridized carbons (Fsp3) is 0.667. The van der Waals surface area contributed by atoms with E-state index in [4.69, 9.17) is 5.84 Å². The van der Waals surface area contributed by atoms with Gasteiger partial charge in [-0.1, -0.05) is 6.92 Å². The van der Waals surface area contributed by atoms with Gasteiger partial charge in [-0.2, -0.15) is 0 Å². The van der Waals surface area contributed by atoms with Crippen LogP contribution < -0.4 is 16.2 Å². The fourth-order valence-corrected chi connectivity index (χ4v) is 2.15. The average Bonchev–Trinajstić information content (AvgIpc) is 2.39. The zero-order valence-corrected chi connectivity index (χ0v) is 10.8. The van der Waals surface area contributed by atoms with E-state index in [1.165, 1.54) is 0 Å². The number of nitrogens with one attached hydrogen (secondary N) is 1. The minimum Gasteiger partial charge on any atom is -0.393 e. The number of aliphatic hydroxyl groups excluding tert-OH is 1. The van der Waals surface area contributed by atoms with Gasteiger partial charge < -0.3 is 15.4 Å². The van der Waals surface area contributed by atoms with Crippen LogP contribution >= 0.6 is 0 Å². The van der Waals surface area contributed by atoms with Gasteiger partial charge in [-0.3, -0.25) is 0 Å². The number of aromatic nitrogens is 2. The minimum absolute atomic E-state index is 0.176. The number of hydrogen-bond donors (Lipinski definition) is 3. The monoisotopic (exact) mass is 251 g/mol. The average molecular weight is 251 g/mol. The second-order valence-corrected chi connectivity index (χ2v) is 4.64. The molecule has 100 valence electrons. The molecule has 0 amide bonds. The van der Waals surface area contributed by atoms with E-state index in [0.717, 1.165) is 50.4 Å². The van der Waals surface area contributed by atoms with E-state index < -0.39 is 0 Å². The molecule has 1 fully saturated rings. The van der Waals surface area contributed by atoms with Gasteiger partial charge >= 0.3 is 0 Å². The third-order valence-corrected chi connectivity index (χ3v) is 3.17. The predicted molar refractivity (Wildman–Crippen MR) is 71.3 cm³/mol. The Bertz CT molecular complexity index is 390. The lowest BCUT2D eigenvalue weighted by atomic mass is 10.1. The van der Waals surface area contributed by atoms with Crippen molar-refractivity contribution >= 4 is 11.6 Å². The maximum absolute atomic E-state index is 9.52. The molecule has 18 heavy (non-hydrogen) atoms. The van der Waals surface area contributed by atoms with Gasteiger partial charge in [0.15, 0.2) is 0 Å². The molecule has 2 rings (SSSR count). The first-order chi connectivity index (χ1) is 8.72. The van der Waals surface area contributed by atoms with Crippen molar-refractivity contribution in [2.24, 2.45) is 5.84 Å². The number of rotatable bonds is 4. The molecule has 0 spiro atoms. The molecule has 0 radical (unpaired) electrons. The lowest BCUT2D eigenvalue weighted by Gasteiger charge is -2.30. The Kier molecular flexibility index (Phi) is 4.33. The molecule has 4 N–H and O–H groups in total. The predicted octanol–water partition coefficient (Wildman–Crippen LogP) is 0.676. The summed E-state index contributed by atoms with van der Waals surface area (Å²) in [6, 6.07) is 1.86. The first-order valence-corrected chi connectivity index (χ1v) is 6.50. The molecule has 0 atom stereocenters. The second-order valence-electron chi connectivity index (χ2n) is 4.64. The fourth-order valence-electron chi connectivity index (χ4n) is 2.15. The summed E-state index contributed by atoms with van der Waals surface area (Å²) >= 11 is 0. The van der Waals surface area contributed by atoms with E-state index in [1.54, 1.807) is 0 Å². The van der Waals surface area contributed by atoms with E-state index >= 15 is 0 Å². The van der Waals surface area contributed by atoms with E-state index in [2.05, 4.69) is 27.2 Å². The topological polar surface area (TPSA) is 87.3 Å². The van der Waals surface area contributed by atoms with Gasteiger partial charge in [0.1, 0.15) is 17.5 Å². The Hall–Kier alpha value is -1.40. The second kappa shape index (κ2) is 5.97. The van der Waals surface area contributed by atoms with Crippen LogP contribution in [-0.2, 0) is 6.42 Å². The van der Waals surface area contributed by atoms with E-state index in [9.17, 15) is 5.11 Å². The van der Waals surface area contributed by atoms with Gasteiger partial charge in [0.05, 0.1) is 6.10 Å². The third kappa shape index (κ3) is 3.08. The van der Waals surface area contributed by atoms with Crippen LogP contribution in [-0.4, -0.2) is 34.3 Å². The molecule has 6 nitrogen and oxygen atoms in total. The SMILES string of the molecule is CCCc1nc(NN)cc(N2CCC(O)CC2)n1. The van der Waals surface area contributed by atoms with Gasteiger partial charge in [0.2, 0.25) is 0 Å². The standard InChI is InChI=1S/C12H21N5O/c1-2-3-10-14-11(16-13)8-12(15-10)17-6-4-9(18)5-7-17/h8-9,18H,2-7,13H2,1H3,(H,14,15,16). The normalized spacial score (nSPS) is 16.9. The van der Waals surface area contributed by atoms with Gasteiger partial charge in [-0.15, -0.1) is 0 Å². The van der Waals surface area contributed by atoms with Gasteiger partial charge in [0, 0.05) is 25.6 Å². The number of nitrogen functional groups attached to an aromatic ring is 1. The Balaban J connectivity index is 2.17. The van der Waals surface area contributed by atoms with E-state index in [-0.39, 0.29) is 6.10 Å². The molecule has 0 aromatic carbocycles. The molecular weight excluding hydrogens is 230 g/mol. The first-order valence-electron chi connectivity index (χ1n) is 6.50. The maximum Gasteiger partial charge on any atom is 0.145 e. The Morgan fingerprint density at radius 3 is 2.78 bits per heavy atom. The summed E-state index contributed by atoms with van der Waals surface area (Å²) in [5.41, 5.74) is 2.59. The number of aliphatic hydroxyl groups is 1. The molecular formula is C12H21N5O. The zero-order valence-electron chi connectivity index (χ0n) is 10.8. The first kappa shape index (κ1) is 13.0. The lowest BCUT2D eigenvalue weighted by Crippen LogP contribution is -2.36. The van der Waals surface area contributed by atoms with Crippen LogP contribution in [0.15, 0.2) is 6.07 Å². The van der Waals surface area contributed by atoms with Crippen molar-refractivity contribution in [2.75, 3.05) is 23.4 Å². The van der Waals surface area contributed by atoms with Gasteiger partial charge in [0.25, 0.3) is 0 Å². The summed E-state index contributed by atoms with van der Waals surface area (Å²) in [5.74, 6) is 7.79. The summed E-state index contributed by atoms with van der Waals surface area (Å²) in [7, 11) is 0. The number of aryl methyl sites for hydroxylation is 1. The van der Waals surface area contributed by atoms with Crippen LogP contribution in [0.4, 0.5) is 11.6 Å². The highest BCUT2D eigenvalue weighted by atomic mass is 16.3. The lowest BCUT2D eigenvalue weighted by molar-refractivity contribution is 0.145. The largest absolute Gasteiger partial charge is 0.393 e. The van der Waals surface area contributed by atoms with Crippen LogP contribution in [0.1, 0.15) is 32.0 Å². The Morgan fingerprint density at radius 2 is 2.17 bits per heavy atom. The summed E-state index contributed by atoms with van der Waals surface area (Å²) in [6.07, 6.45) is 3.26. The number of nitrogens with zero attached hydrogens (tertiary/aromatic N) is 3. The smallest absolute Gasteiger partial charge is 0.145 e. The molecule has 0 unspecified atom stereocenters. The molecule has 1 aromatic rings. The van der Waals surface area contributed by atoms with Crippen molar-refractivity contribution in [3.8, 4) is 0 Å². The molecule has 2 heterocycles. The van der Waals surface area contributed by atoms with Crippen LogP contribution in [0.3, 0.4) is 0 Å². The van der Waals surface area contributed by atoms with Crippen molar-refractivity contribution in [1.82, 2.24) is 9.97 Å². The molecule has 1 aliphatic heterocycles. The molecule has 1 saturated heterocycles. The molecule has 0 aliphatic carbocycles. The molecule has 0 saturated carbocycles. The van der Waals surface area contributed by atoms with Crippen molar-refractivity contribution in [1.29, 1.82) is 0 Å². The Morgan fingerprint density at radius 1 is 1.44 bits per heavy atom. The quantitative estimate of drug-likeness (QED) is 0.539. The van der Waals surface area contributed by atoms with Gasteiger partial charge in [-0.25, -0.2) is 15.8 Å². The maximum atomic E-state index is 9.52. The molecule has 1 aliphatic rings. The molecule has 0 bridgehead atoms. The third-order valence-electron chi connectivity index (χ3n) is 3.17.